The SMILES string of the molecule is CNC(=O)c1c(-c2ccc(C)cc2)oc2cc(N(C)S(C)(=O)=O)c(-c3cc4c(cn3)OCn3c-4cc4c(C#N)cccc43)cc12.CNC(=O)c1c(-c2ccc(C)cc2)oc2cc(N(C)S(C)(=O)=O)c(-c3ccc4c(n3)-c3cc5c(F)cccc5n3C(C)(CO)O4)cc12.CNC(=O)c1c(-c2ccc(C)cc2)oc2cc(N(C)S(C)(=O)=O)c(-c3ncc4c(n3)-c3cc5c(C#N)cccc5n3CO4)cc12. The van der Waals surface area contributed by atoms with E-state index in [0.717, 1.165) is 82.8 Å². The zero-order chi connectivity index (χ0) is 96.7. The molecule has 3 aliphatic heterocycles. The molecule has 1 atom stereocenters. The van der Waals surface area contributed by atoms with Crippen molar-refractivity contribution in [3.05, 3.63) is 263 Å². The number of carbonyl (C=O) groups excluding carboxylic acids is 3. The van der Waals surface area contributed by atoms with Crippen LogP contribution in [0.25, 0.3) is 168 Å². The average Bonchev–Trinajstić information content (AvgIpc) is 1.59. The minimum absolute atomic E-state index is 0.212. The second-order valence-corrected chi connectivity index (χ2v) is 39.7. The summed E-state index contributed by atoms with van der Waals surface area (Å²) in [6.45, 7) is 7.67. The molecule has 688 valence electrons. The highest BCUT2D eigenvalue weighted by molar-refractivity contribution is 7.92. The van der Waals surface area contributed by atoms with E-state index in [1.165, 1.54) is 45.6 Å². The highest BCUT2D eigenvalue weighted by Crippen LogP contribution is 2.51. The lowest BCUT2D eigenvalue weighted by Crippen LogP contribution is -2.42. The van der Waals surface area contributed by atoms with Gasteiger partial charge in [0.15, 0.2) is 30.8 Å². The Morgan fingerprint density at radius 2 is 0.869 bits per heavy atom. The first-order valence-corrected chi connectivity index (χ1v) is 48.4. The van der Waals surface area contributed by atoms with Crippen molar-refractivity contribution in [1.82, 2.24) is 49.6 Å². The van der Waals surface area contributed by atoms with E-state index >= 15 is 0 Å². The molecule has 0 spiro atoms. The van der Waals surface area contributed by atoms with Crippen molar-refractivity contribution in [3.63, 3.8) is 0 Å². The minimum Gasteiger partial charge on any atom is -0.470 e. The number of pyridine rings is 2. The Labute approximate surface area is 783 Å². The Morgan fingerprint density at radius 3 is 1.33 bits per heavy atom. The van der Waals surface area contributed by atoms with Crippen molar-refractivity contribution in [2.45, 2.75) is 46.9 Å². The number of anilines is 3. The van der Waals surface area contributed by atoms with Gasteiger partial charge in [-0.05, 0) is 119 Å². The molecule has 0 bridgehead atoms. The molecule has 9 aromatic carbocycles. The van der Waals surface area contributed by atoms with Gasteiger partial charge in [0, 0.05) is 132 Å². The maximum Gasteiger partial charge on any atom is 0.255 e. The second-order valence-electron chi connectivity index (χ2n) is 33.7. The summed E-state index contributed by atoms with van der Waals surface area (Å²) in [7, 11) is -2.24. The van der Waals surface area contributed by atoms with E-state index in [0.29, 0.717) is 168 Å². The van der Waals surface area contributed by atoms with Crippen LogP contribution in [0.4, 0.5) is 21.5 Å². The van der Waals surface area contributed by atoms with Crippen LogP contribution >= 0.6 is 0 Å². The molecule has 12 heterocycles. The van der Waals surface area contributed by atoms with Crippen molar-refractivity contribution in [3.8, 4) is 131 Å². The molecule has 4 N–H and O–H groups in total. The van der Waals surface area contributed by atoms with Crippen LogP contribution in [0.5, 0.6) is 17.2 Å². The predicted molar refractivity (Wildman–Crippen MR) is 521 cm³/mol. The molecule has 31 nitrogen and oxygen atoms in total. The number of hydrogen-bond donors (Lipinski definition) is 4. The van der Waals surface area contributed by atoms with Crippen molar-refractivity contribution in [1.29, 1.82) is 10.5 Å². The second kappa shape index (κ2) is 33.9. The quantitative estimate of drug-likeness (QED) is 0.0698. The first-order chi connectivity index (χ1) is 65.5. The molecule has 1 unspecified atom stereocenters. The van der Waals surface area contributed by atoms with Crippen molar-refractivity contribution in [2.24, 2.45) is 0 Å². The van der Waals surface area contributed by atoms with Crippen LogP contribution < -0.4 is 43.1 Å². The van der Waals surface area contributed by atoms with Crippen molar-refractivity contribution >= 4 is 130 Å². The average molecular weight is 1890 g/mol. The topological polar surface area (TPSA) is 401 Å². The summed E-state index contributed by atoms with van der Waals surface area (Å²) in [5.41, 5.74) is 15.8. The smallest absolute Gasteiger partial charge is 0.255 e. The van der Waals surface area contributed by atoms with Crippen LogP contribution in [0.2, 0.25) is 0 Å². The number of furan rings is 3. The molecule has 0 fully saturated rings. The largest absolute Gasteiger partial charge is 0.470 e. The van der Waals surface area contributed by atoms with Gasteiger partial charge in [-0.15, -0.1) is 0 Å². The zero-order valence-corrected chi connectivity index (χ0v) is 78.3. The van der Waals surface area contributed by atoms with Crippen LogP contribution in [0.1, 0.15) is 65.8 Å². The normalized spacial score (nSPS) is 13.5. The number of rotatable bonds is 16. The van der Waals surface area contributed by atoms with Gasteiger partial charge in [0.1, 0.15) is 63.6 Å². The number of aryl methyl sites for hydroxylation is 3. The summed E-state index contributed by atoms with van der Waals surface area (Å²) >= 11 is 0. The number of benzene rings is 9. The Morgan fingerprint density at radius 1 is 0.460 bits per heavy atom. The molecule has 9 aromatic heterocycles. The number of fused-ring (bicyclic) bond motifs is 18. The number of nitrogens with one attached hydrogen (secondary N) is 3. The number of aliphatic hydroxyl groups is 1. The van der Waals surface area contributed by atoms with Gasteiger partial charge < -0.3 is 57.7 Å². The van der Waals surface area contributed by atoms with Gasteiger partial charge in [0.05, 0.1) is 133 Å². The number of nitriles is 2. The van der Waals surface area contributed by atoms with E-state index in [-0.39, 0.29) is 53.9 Å². The number of amides is 3. The fourth-order valence-corrected chi connectivity index (χ4v) is 19.2. The molecular weight excluding hydrogens is 1810 g/mol. The number of aliphatic hydroxyl groups excluding tert-OH is 1. The summed E-state index contributed by atoms with van der Waals surface area (Å²) in [5.74, 6) is 1.12. The van der Waals surface area contributed by atoms with Crippen LogP contribution in [-0.4, -0.2) is 149 Å². The van der Waals surface area contributed by atoms with E-state index in [9.17, 15) is 59.7 Å². The molecule has 3 amide bonds. The van der Waals surface area contributed by atoms with Gasteiger partial charge in [-0.1, -0.05) is 108 Å². The number of aromatic nitrogens is 7. The highest BCUT2D eigenvalue weighted by atomic mass is 32.2. The number of hydrogen-bond acceptors (Lipinski definition) is 22. The summed E-state index contributed by atoms with van der Waals surface area (Å²) < 4.78 is 138. The van der Waals surface area contributed by atoms with Crippen molar-refractivity contribution in [2.75, 3.05) is 80.6 Å². The number of halogens is 1. The first kappa shape index (κ1) is 89.7. The van der Waals surface area contributed by atoms with Crippen molar-refractivity contribution < 1.29 is 76.6 Å². The molecule has 0 saturated carbocycles. The van der Waals surface area contributed by atoms with Crippen LogP contribution in [-0.2, 0) is 49.3 Å². The third-order valence-electron chi connectivity index (χ3n) is 25.0. The standard InChI is InChI=1S/C35H31FN4O6S.C34H27N5O5S.C33H26N6O5S/c1-19-9-11-20(12-10-19)33-31(34(42)37-3)23-15-22(27(17-30(23)45-33)39(4)47(5,43)44)25-13-14-29-32(38-25)28-16-21-24(36)7-6-8-26(21)40(28)35(2,18-41)46-29;1-19-8-10-20(11-9-19)33-32(34(40)36-2)25-12-23(28(15-30(25)44-33)38(3)45(4,41)42)26-13-24-29-14-22-21(16-35)6-5-7-27(22)39(29)18-43-31(24)17-37-26;1-18-8-10-19(11-9-18)31-29(33(40)35-2)23-12-22(25(14-27(23)44-31)38(3)45(4,41)42)32-36-16-28-30(37-32)26-13-21-20(15-34)6-5-7-24(21)39(26)17-43-28/h6-17,41H,18H2,1-5H3,(H,37,42);5-15,17H,18H2,1-4H3,(H,36,40);5-14,16H,17H2,1-4H3,(H,35,40). The van der Waals surface area contributed by atoms with E-state index in [1.54, 1.807) is 110 Å². The van der Waals surface area contributed by atoms with Gasteiger partial charge in [-0.25, -0.2) is 44.6 Å². The molecule has 0 radical (unpaired) electrons. The van der Waals surface area contributed by atoms with E-state index in [4.69, 9.17) is 37.4 Å². The molecular formula is C102H84FN15O16S3. The molecule has 18 aromatic rings. The lowest BCUT2D eigenvalue weighted by molar-refractivity contribution is -0.0406. The molecule has 0 aliphatic carbocycles. The molecule has 21 rings (SSSR count). The van der Waals surface area contributed by atoms with Gasteiger partial charge in [0.2, 0.25) is 35.8 Å². The van der Waals surface area contributed by atoms with Gasteiger partial charge in [0.25, 0.3) is 17.7 Å². The highest BCUT2D eigenvalue weighted by Gasteiger charge is 2.41. The Bertz CT molecular complexity index is 8310. The zero-order valence-electron chi connectivity index (χ0n) is 75.9. The lowest BCUT2D eigenvalue weighted by Gasteiger charge is -2.37. The van der Waals surface area contributed by atoms with Crippen LogP contribution in [0, 0.1) is 49.3 Å². The summed E-state index contributed by atoms with van der Waals surface area (Å²) in [4.78, 5) is 59.0. The van der Waals surface area contributed by atoms with Crippen LogP contribution in [0.3, 0.4) is 0 Å². The number of carbonyl (C=O) groups is 3. The first-order valence-electron chi connectivity index (χ1n) is 42.8. The Balaban J connectivity index is 0.000000132. The predicted octanol–water partition coefficient (Wildman–Crippen LogP) is 17.6. The third-order valence-corrected chi connectivity index (χ3v) is 28.6. The molecule has 3 aliphatic rings. The number of ether oxygens (including phenoxy) is 3. The van der Waals surface area contributed by atoms with Gasteiger partial charge >= 0.3 is 0 Å². The lowest BCUT2D eigenvalue weighted by atomic mass is 9.99. The van der Waals surface area contributed by atoms with Gasteiger partial charge in [-0.3, -0.25) is 36.9 Å². The van der Waals surface area contributed by atoms with E-state index in [2.05, 4.69) is 38.1 Å². The maximum absolute atomic E-state index is 15.0. The van der Waals surface area contributed by atoms with Crippen LogP contribution in [0.15, 0.2) is 226 Å². The van der Waals surface area contributed by atoms with E-state index < -0.39 is 48.2 Å². The fraction of sp³-hybridized carbons (Fsp3) is 0.167. The van der Waals surface area contributed by atoms with E-state index in [1.807, 2.05) is 145 Å². The number of nitrogens with zero attached hydrogens (tertiary/aromatic N) is 12. The third kappa shape index (κ3) is 15.5. The molecule has 0 saturated heterocycles. The molecule has 35 heteroatoms. The summed E-state index contributed by atoms with van der Waals surface area (Å²) in [5, 5.41) is 41.2. The monoisotopic (exact) mass is 1890 g/mol. The number of sulfonamides is 3. The molecule has 137 heavy (non-hydrogen) atoms. The minimum atomic E-state index is -3.76. The Hall–Kier alpha value is -16.5. The van der Waals surface area contributed by atoms with Gasteiger partial charge in [-0.2, -0.15) is 10.5 Å². The summed E-state index contributed by atoms with van der Waals surface area (Å²) in [6, 6.07) is 63.6. The maximum atomic E-state index is 15.0. The fourth-order valence-electron chi connectivity index (χ4n) is 17.6. The summed E-state index contributed by atoms with van der Waals surface area (Å²) in [6.07, 6.45) is 6.47. The Kier molecular flexibility index (Phi) is 22.2.